The van der Waals surface area contributed by atoms with Crippen LogP contribution in [0.25, 0.3) is 0 Å². The molecule has 0 atom stereocenters. The van der Waals surface area contributed by atoms with Crippen molar-refractivity contribution in [1.82, 2.24) is 0 Å². The summed E-state index contributed by atoms with van der Waals surface area (Å²) in [5, 5.41) is 0.509. The first-order chi connectivity index (χ1) is 9.29. The summed E-state index contributed by atoms with van der Waals surface area (Å²) in [5.41, 5.74) is 1.65. The molecule has 0 amide bonds. The van der Waals surface area contributed by atoms with Gasteiger partial charge in [0.1, 0.15) is 0 Å². The fraction of sp³-hybridized carbons (Fsp3) is 0.133. The van der Waals surface area contributed by atoms with Crippen molar-refractivity contribution in [3.8, 4) is 0 Å². The third-order valence-corrected chi connectivity index (χ3v) is 4.48. The fourth-order valence-corrected chi connectivity index (χ4v) is 2.62. The summed E-state index contributed by atoms with van der Waals surface area (Å²) in [6.07, 6.45) is 1.11. The fourth-order valence-electron chi connectivity index (χ4n) is 1.77. The van der Waals surface area contributed by atoms with E-state index in [-0.39, 0.29) is 10.7 Å². The van der Waals surface area contributed by atoms with Gasteiger partial charge in [-0.3, -0.25) is 4.79 Å². The van der Waals surface area contributed by atoms with E-state index in [1.54, 1.807) is 30.3 Å². The summed E-state index contributed by atoms with van der Waals surface area (Å²) in [6, 6.07) is 11.0. The van der Waals surface area contributed by atoms with Gasteiger partial charge in [0.25, 0.3) is 0 Å². The van der Waals surface area contributed by atoms with Gasteiger partial charge in [-0.25, -0.2) is 8.42 Å². The average molecular weight is 309 g/mol. The lowest BCUT2D eigenvalue weighted by Crippen LogP contribution is -2.04. The monoisotopic (exact) mass is 308 g/mol. The molecule has 0 N–H and O–H groups in total. The summed E-state index contributed by atoms with van der Waals surface area (Å²) in [5.74, 6) is -0.252. The maximum Gasteiger partial charge on any atom is 0.193 e. The molecular formula is C15H13ClO3S. The zero-order chi connectivity index (χ0) is 14.9. The molecule has 0 aliphatic carbocycles. The molecule has 2 rings (SSSR count). The van der Waals surface area contributed by atoms with E-state index in [9.17, 15) is 13.2 Å². The number of rotatable bonds is 3. The topological polar surface area (TPSA) is 51.2 Å². The predicted molar refractivity (Wildman–Crippen MR) is 79.2 cm³/mol. The number of ketones is 1. The minimum absolute atomic E-state index is 0.126. The number of carbonyl (C=O) groups excluding carboxylic acids is 1. The second-order valence-corrected chi connectivity index (χ2v) is 7.02. The van der Waals surface area contributed by atoms with E-state index in [0.717, 1.165) is 11.8 Å². The first kappa shape index (κ1) is 14.8. The first-order valence-corrected chi connectivity index (χ1v) is 8.17. The van der Waals surface area contributed by atoms with E-state index < -0.39 is 9.84 Å². The molecule has 0 fully saturated rings. The Morgan fingerprint density at radius 3 is 2.30 bits per heavy atom. The summed E-state index contributed by atoms with van der Waals surface area (Å²) >= 11 is 6.00. The van der Waals surface area contributed by atoms with Crippen LogP contribution in [0.15, 0.2) is 47.4 Å². The molecule has 104 valence electrons. The minimum Gasteiger partial charge on any atom is -0.289 e. The lowest BCUT2D eigenvalue weighted by Gasteiger charge is -2.05. The van der Waals surface area contributed by atoms with Crippen molar-refractivity contribution >= 4 is 27.2 Å². The molecule has 0 radical (unpaired) electrons. The van der Waals surface area contributed by atoms with Crippen molar-refractivity contribution < 1.29 is 13.2 Å². The van der Waals surface area contributed by atoms with Crippen LogP contribution in [0.4, 0.5) is 0 Å². The Balaban J connectivity index is 2.46. The molecule has 2 aromatic carbocycles. The Labute approximate surface area is 123 Å². The van der Waals surface area contributed by atoms with E-state index in [2.05, 4.69) is 0 Å². The molecule has 2 aromatic rings. The van der Waals surface area contributed by atoms with Gasteiger partial charge in [-0.2, -0.15) is 0 Å². The van der Waals surface area contributed by atoms with Crippen LogP contribution in [0.1, 0.15) is 21.5 Å². The number of carbonyl (C=O) groups is 1. The normalized spacial score (nSPS) is 11.3. The zero-order valence-electron chi connectivity index (χ0n) is 11.1. The van der Waals surface area contributed by atoms with E-state index in [1.165, 1.54) is 12.1 Å². The summed E-state index contributed by atoms with van der Waals surface area (Å²) in [4.78, 5) is 12.5. The smallest absolute Gasteiger partial charge is 0.193 e. The molecule has 0 saturated carbocycles. The second kappa shape index (κ2) is 5.38. The minimum atomic E-state index is -3.33. The van der Waals surface area contributed by atoms with E-state index in [0.29, 0.717) is 16.1 Å². The number of aryl methyl sites for hydroxylation is 1. The van der Waals surface area contributed by atoms with Gasteiger partial charge < -0.3 is 0 Å². The third-order valence-electron chi connectivity index (χ3n) is 2.96. The molecule has 0 heterocycles. The molecule has 3 nitrogen and oxygen atoms in total. The van der Waals surface area contributed by atoms with Crippen LogP contribution in [0.2, 0.25) is 5.02 Å². The van der Waals surface area contributed by atoms with Crippen molar-refractivity contribution in [1.29, 1.82) is 0 Å². The average Bonchev–Trinajstić information content (AvgIpc) is 2.40. The molecule has 20 heavy (non-hydrogen) atoms. The number of sulfone groups is 1. The molecule has 0 spiro atoms. The number of benzene rings is 2. The highest BCUT2D eigenvalue weighted by Gasteiger charge is 2.14. The highest BCUT2D eigenvalue weighted by molar-refractivity contribution is 7.90. The largest absolute Gasteiger partial charge is 0.289 e. The second-order valence-electron chi connectivity index (χ2n) is 4.59. The SMILES string of the molecule is Cc1ccc(C(=O)c2cccc(S(C)(=O)=O)c2)cc1Cl. The molecule has 0 aliphatic rings. The van der Waals surface area contributed by atoms with Gasteiger partial charge in [-0.05, 0) is 30.7 Å². The van der Waals surface area contributed by atoms with Crippen molar-refractivity contribution in [3.05, 3.63) is 64.2 Å². The highest BCUT2D eigenvalue weighted by Crippen LogP contribution is 2.20. The Bertz CT molecular complexity index is 779. The Hall–Kier alpha value is -1.65. The van der Waals surface area contributed by atoms with E-state index in [1.807, 2.05) is 6.92 Å². The van der Waals surface area contributed by atoms with Crippen LogP contribution in [0.3, 0.4) is 0 Å². The lowest BCUT2D eigenvalue weighted by molar-refractivity contribution is 0.103. The summed E-state index contributed by atoms with van der Waals surface area (Å²) < 4.78 is 23.0. The lowest BCUT2D eigenvalue weighted by atomic mass is 10.0. The van der Waals surface area contributed by atoms with Gasteiger partial charge >= 0.3 is 0 Å². The van der Waals surface area contributed by atoms with Crippen LogP contribution >= 0.6 is 11.6 Å². The maximum absolute atomic E-state index is 12.3. The molecule has 0 aromatic heterocycles. The number of hydrogen-bond donors (Lipinski definition) is 0. The molecule has 0 saturated heterocycles. The maximum atomic E-state index is 12.3. The summed E-state index contributed by atoms with van der Waals surface area (Å²) in [7, 11) is -3.33. The van der Waals surface area contributed by atoms with Crippen LogP contribution < -0.4 is 0 Å². The van der Waals surface area contributed by atoms with Crippen LogP contribution in [-0.2, 0) is 9.84 Å². The third kappa shape index (κ3) is 3.08. The predicted octanol–water partition coefficient (Wildman–Crippen LogP) is 3.28. The van der Waals surface area contributed by atoms with Gasteiger partial charge in [0, 0.05) is 22.4 Å². The van der Waals surface area contributed by atoms with E-state index >= 15 is 0 Å². The Morgan fingerprint density at radius 1 is 1.05 bits per heavy atom. The summed E-state index contributed by atoms with van der Waals surface area (Å²) in [6.45, 7) is 1.85. The van der Waals surface area contributed by atoms with Crippen molar-refractivity contribution in [2.45, 2.75) is 11.8 Å². The van der Waals surface area contributed by atoms with Crippen LogP contribution in [0, 0.1) is 6.92 Å². The number of hydrogen-bond acceptors (Lipinski definition) is 3. The van der Waals surface area contributed by atoms with E-state index in [4.69, 9.17) is 11.6 Å². The zero-order valence-corrected chi connectivity index (χ0v) is 12.6. The Kier molecular flexibility index (Phi) is 3.97. The molecule has 0 unspecified atom stereocenters. The highest BCUT2D eigenvalue weighted by atomic mass is 35.5. The molecule has 0 bridgehead atoms. The molecule has 0 aliphatic heterocycles. The van der Waals surface area contributed by atoms with Crippen LogP contribution in [-0.4, -0.2) is 20.5 Å². The quantitative estimate of drug-likeness (QED) is 0.818. The molecular weight excluding hydrogens is 296 g/mol. The van der Waals surface area contributed by atoms with Crippen LogP contribution in [0.5, 0.6) is 0 Å². The van der Waals surface area contributed by atoms with Gasteiger partial charge in [0.15, 0.2) is 15.6 Å². The Morgan fingerprint density at radius 2 is 1.70 bits per heavy atom. The van der Waals surface area contributed by atoms with Crippen molar-refractivity contribution in [2.24, 2.45) is 0 Å². The van der Waals surface area contributed by atoms with Gasteiger partial charge in [0.05, 0.1) is 4.90 Å². The number of halogens is 1. The van der Waals surface area contributed by atoms with Gasteiger partial charge in [0.2, 0.25) is 0 Å². The van der Waals surface area contributed by atoms with Gasteiger partial charge in [-0.1, -0.05) is 35.9 Å². The first-order valence-electron chi connectivity index (χ1n) is 5.90. The van der Waals surface area contributed by atoms with Gasteiger partial charge in [-0.15, -0.1) is 0 Å². The van der Waals surface area contributed by atoms with Crippen molar-refractivity contribution in [3.63, 3.8) is 0 Å². The molecule has 5 heteroatoms. The van der Waals surface area contributed by atoms with Crippen molar-refractivity contribution in [2.75, 3.05) is 6.26 Å². The standard InChI is InChI=1S/C15H13ClO3S/c1-10-6-7-12(9-14(10)16)15(17)11-4-3-5-13(8-11)20(2,18)19/h3-9H,1-2H3.